The van der Waals surface area contributed by atoms with E-state index >= 15 is 0 Å². The van der Waals surface area contributed by atoms with Gasteiger partial charge >= 0.3 is 0 Å². The van der Waals surface area contributed by atoms with Crippen molar-refractivity contribution in [2.45, 2.75) is 12.8 Å². The molecular weight excluding hydrogens is 196 g/mol. The molecule has 0 aliphatic heterocycles. The zero-order valence-electron chi connectivity index (χ0n) is 10.2. The Hall–Kier alpha value is -1.28. The molecule has 0 bridgehead atoms. The number of nitrogens with one attached hydrogen (secondary N) is 1. The summed E-state index contributed by atoms with van der Waals surface area (Å²) in [5, 5.41) is 3.40. The van der Waals surface area contributed by atoms with Crippen LogP contribution in [0.4, 0.5) is 5.69 Å². The summed E-state index contributed by atoms with van der Waals surface area (Å²) < 4.78 is 0. The van der Waals surface area contributed by atoms with E-state index in [-0.39, 0.29) is 0 Å². The van der Waals surface area contributed by atoms with E-state index in [1.807, 2.05) is 12.1 Å². The third-order valence-electron chi connectivity index (χ3n) is 2.57. The van der Waals surface area contributed by atoms with Gasteiger partial charge in [0.1, 0.15) is 0 Å². The maximum atomic E-state index is 3.70. The van der Waals surface area contributed by atoms with Crippen LogP contribution < -0.4 is 10.2 Å². The second-order valence-electron chi connectivity index (χ2n) is 3.94. The fourth-order valence-electron chi connectivity index (χ4n) is 1.58. The minimum Gasteiger partial charge on any atom is -0.375 e. The van der Waals surface area contributed by atoms with Crippen LogP contribution in [0.1, 0.15) is 12.8 Å². The van der Waals surface area contributed by atoms with Crippen molar-refractivity contribution in [3.05, 3.63) is 43.0 Å². The average molecular weight is 218 g/mol. The normalized spacial score (nSPS) is 10.1. The molecular formula is C14H22N2. The maximum Gasteiger partial charge on any atom is 0.0363 e. The molecule has 0 radical (unpaired) electrons. The Bertz CT molecular complexity index is 282. The van der Waals surface area contributed by atoms with Crippen molar-refractivity contribution < 1.29 is 0 Å². The SMILES string of the molecule is C=CCCNCCCN(C)c1ccccc1. The Labute approximate surface area is 99.0 Å². The Morgan fingerprint density at radius 2 is 2.00 bits per heavy atom. The molecule has 0 saturated heterocycles. The van der Waals surface area contributed by atoms with Gasteiger partial charge in [0.05, 0.1) is 0 Å². The Kier molecular flexibility index (Phi) is 6.35. The zero-order chi connectivity index (χ0) is 11.6. The molecule has 1 aromatic carbocycles. The van der Waals surface area contributed by atoms with Gasteiger partial charge in [-0.3, -0.25) is 0 Å². The molecule has 0 aliphatic rings. The van der Waals surface area contributed by atoms with Crippen molar-refractivity contribution in [1.82, 2.24) is 5.32 Å². The number of benzene rings is 1. The summed E-state index contributed by atoms with van der Waals surface area (Å²) >= 11 is 0. The van der Waals surface area contributed by atoms with E-state index in [1.165, 1.54) is 12.1 Å². The summed E-state index contributed by atoms with van der Waals surface area (Å²) in [6, 6.07) is 10.5. The largest absolute Gasteiger partial charge is 0.375 e. The highest BCUT2D eigenvalue weighted by molar-refractivity contribution is 5.44. The van der Waals surface area contributed by atoms with Crippen LogP contribution in [0.5, 0.6) is 0 Å². The number of nitrogens with zero attached hydrogens (tertiary/aromatic N) is 1. The highest BCUT2D eigenvalue weighted by Crippen LogP contribution is 2.10. The summed E-state index contributed by atoms with van der Waals surface area (Å²) in [6.07, 6.45) is 4.17. The molecule has 0 heterocycles. The predicted octanol–water partition coefficient (Wildman–Crippen LogP) is 2.68. The molecule has 0 saturated carbocycles. The minimum absolute atomic E-state index is 1.04. The van der Waals surface area contributed by atoms with Gasteiger partial charge in [-0.1, -0.05) is 24.3 Å². The van der Waals surface area contributed by atoms with Gasteiger partial charge < -0.3 is 10.2 Å². The van der Waals surface area contributed by atoms with E-state index in [1.54, 1.807) is 0 Å². The van der Waals surface area contributed by atoms with Crippen molar-refractivity contribution >= 4 is 5.69 Å². The zero-order valence-corrected chi connectivity index (χ0v) is 10.2. The molecule has 2 heteroatoms. The van der Waals surface area contributed by atoms with E-state index in [0.29, 0.717) is 0 Å². The standard InChI is InChI=1S/C14H22N2/c1-3-4-11-15-12-8-13-16(2)14-9-6-5-7-10-14/h3,5-7,9-10,15H,1,4,8,11-13H2,2H3. The van der Waals surface area contributed by atoms with Crippen LogP contribution in [-0.2, 0) is 0 Å². The van der Waals surface area contributed by atoms with Crippen LogP contribution in [-0.4, -0.2) is 26.7 Å². The second kappa shape index (κ2) is 7.94. The highest BCUT2D eigenvalue weighted by atomic mass is 15.1. The lowest BCUT2D eigenvalue weighted by atomic mass is 10.3. The van der Waals surface area contributed by atoms with Gasteiger partial charge in [-0.2, -0.15) is 0 Å². The Morgan fingerprint density at radius 1 is 1.25 bits per heavy atom. The van der Waals surface area contributed by atoms with Crippen molar-refractivity contribution in [3.63, 3.8) is 0 Å². The Balaban J connectivity index is 2.11. The summed E-state index contributed by atoms with van der Waals surface area (Å²) in [4.78, 5) is 2.29. The molecule has 1 aromatic rings. The van der Waals surface area contributed by atoms with Gasteiger partial charge in [0.2, 0.25) is 0 Å². The van der Waals surface area contributed by atoms with Gasteiger partial charge in [0.15, 0.2) is 0 Å². The monoisotopic (exact) mass is 218 g/mol. The molecule has 16 heavy (non-hydrogen) atoms. The van der Waals surface area contributed by atoms with Gasteiger partial charge in [-0.15, -0.1) is 6.58 Å². The highest BCUT2D eigenvalue weighted by Gasteiger charge is 1.98. The van der Waals surface area contributed by atoms with Crippen LogP contribution in [0.25, 0.3) is 0 Å². The number of hydrogen-bond acceptors (Lipinski definition) is 2. The summed E-state index contributed by atoms with van der Waals surface area (Å²) in [5.74, 6) is 0. The van der Waals surface area contributed by atoms with Crippen LogP contribution in [0, 0.1) is 0 Å². The second-order valence-corrected chi connectivity index (χ2v) is 3.94. The minimum atomic E-state index is 1.04. The van der Waals surface area contributed by atoms with Crippen LogP contribution >= 0.6 is 0 Å². The first-order valence-corrected chi connectivity index (χ1v) is 5.92. The summed E-state index contributed by atoms with van der Waals surface area (Å²) in [6.45, 7) is 6.90. The number of hydrogen-bond donors (Lipinski definition) is 1. The van der Waals surface area contributed by atoms with Gasteiger partial charge in [0, 0.05) is 19.3 Å². The van der Waals surface area contributed by atoms with Crippen LogP contribution in [0.3, 0.4) is 0 Å². The van der Waals surface area contributed by atoms with Gasteiger partial charge in [-0.05, 0) is 38.1 Å². The molecule has 0 amide bonds. The predicted molar refractivity (Wildman–Crippen MR) is 72.0 cm³/mol. The van der Waals surface area contributed by atoms with E-state index in [9.17, 15) is 0 Å². The van der Waals surface area contributed by atoms with Crippen molar-refractivity contribution in [3.8, 4) is 0 Å². The quantitative estimate of drug-likeness (QED) is 0.533. The lowest BCUT2D eigenvalue weighted by Gasteiger charge is -2.19. The third-order valence-corrected chi connectivity index (χ3v) is 2.57. The molecule has 0 aromatic heterocycles. The first kappa shape index (κ1) is 12.8. The molecule has 0 fully saturated rings. The van der Waals surface area contributed by atoms with Gasteiger partial charge in [-0.25, -0.2) is 0 Å². The molecule has 0 atom stereocenters. The van der Waals surface area contributed by atoms with E-state index in [0.717, 1.165) is 26.1 Å². The molecule has 88 valence electrons. The molecule has 1 N–H and O–H groups in total. The van der Waals surface area contributed by atoms with E-state index < -0.39 is 0 Å². The topological polar surface area (TPSA) is 15.3 Å². The lowest BCUT2D eigenvalue weighted by molar-refractivity contribution is 0.649. The molecule has 0 unspecified atom stereocenters. The Morgan fingerprint density at radius 3 is 2.69 bits per heavy atom. The molecule has 1 rings (SSSR count). The first-order chi connectivity index (χ1) is 7.84. The number of para-hydroxylation sites is 1. The van der Waals surface area contributed by atoms with Crippen molar-refractivity contribution in [1.29, 1.82) is 0 Å². The smallest absolute Gasteiger partial charge is 0.0363 e. The number of rotatable bonds is 8. The molecule has 0 aliphatic carbocycles. The molecule has 0 spiro atoms. The average Bonchev–Trinajstić information content (AvgIpc) is 2.34. The van der Waals surface area contributed by atoms with Crippen molar-refractivity contribution in [2.24, 2.45) is 0 Å². The fourth-order valence-corrected chi connectivity index (χ4v) is 1.58. The van der Waals surface area contributed by atoms with Crippen molar-refractivity contribution in [2.75, 3.05) is 31.6 Å². The first-order valence-electron chi connectivity index (χ1n) is 5.92. The summed E-state index contributed by atoms with van der Waals surface area (Å²) in [7, 11) is 2.14. The van der Waals surface area contributed by atoms with Gasteiger partial charge in [0.25, 0.3) is 0 Å². The molecule has 2 nitrogen and oxygen atoms in total. The van der Waals surface area contributed by atoms with E-state index in [2.05, 4.69) is 48.1 Å². The van der Waals surface area contributed by atoms with Crippen LogP contribution in [0.2, 0.25) is 0 Å². The lowest BCUT2D eigenvalue weighted by Crippen LogP contribution is -2.24. The van der Waals surface area contributed by atoms with E-state index in [4.69, 9.17) is 0 Å². The number of anilines is 1. The third kappa shape index (κ3) is 4.99. The van der Waals surface area contributed by atoms with Crippen LogP contribution in [0.15, 0.2) is 43.0 Å². The summed E-state index contributed by atoms with van der Waals surface area (Å²) in [5.41, 5.74) is 1.29. The fraction of sp³-hybridized carbons (Fsp3) is 0.429. The maximum absolute atomic E-state index is 3.70.